The van der Waals surface area contributed by atoms with E-state index in [1.807, 2.05) is 13.8 Å². The summed E-state index contributed by atoms with van der Waals surface area (Å²) in [5.74, 6) is 0. The second-order valence-corrected chi connectivity index (χ2v) is 4.32. The molecule has 0 bridgehead atoms. The molecule has 1 aromatic carbocycles. The summed E-state index contributed by atoms with van der Waals surface area (Å²) in [6, 6.07) is 8.44. The molecule has 0 aliphatic rings. The van der Waals surface area contributed by atoms with Crippen LogP contribution in [0.2, 0.25) is 0 Å². The molecule has 1 aromatic rings. The van der Waals surface area contributed by atoms with Crippen LogP contribution in [-0.4, -0.2) is 25.5 Å². The second kappa shape index (κ2) is 8.25. The zero-order chi connectivity index (χ0) is 13.4. The van der Waals surface area contributed by atoms with Crippen LogP contribution in [0.25, 0.3) is 0 Å². The molecule has 1 atom stereocenters. The third-order valence-electron chi connectivity index (χ3n) is 2.91. The van der Waals surface area contributed by atoms with E-state index in [-0.39, 0.29) is 12.3 Å². The van der Waals surface area contributed by atoms with Crippen LogP contribution in [0.3, 0.4) is 0 Å². The molecular formula is C15H25NO2. The summed E-state index contributed by atoms with van der Waals surface area (Å²) in [6.07, 6.45) is 1.52. The van der Waals surface area contributed by atoms with Crippen LogP contribution in [0.4, 0.5) is 0 Å². The van der Waals surface area contributed by atoms with Crippen LogP contribution in [0.5, 0.6) is 0 Å². The van der Waals surface area contributed by atoms with Crippen molar-refractivity contribution in [3.05, 3.63) is 35.4 Å². The molecule has 0 heterocycles. The average Bonchev–Trinajstić information content (AvgIpc) is 2.39. The van der Waals surface area contributed by atoms with E-state index in [4.69, 9.17) is 15.2 Å². The number of rotatable bonds is 8. The van der Waals surface area contributed by atoms with Gasteiger partial charge in [-0.25, -0.2) is 0 Å². The predicted octanol–water partition coefficient (Wildman–Crippen LogP) is 2.52. The van der Waals surface area contributed by atoms with Gasteiger partial charge in [0.15, 0.2) is 6.29 Å². The van der Waals surface area contributed by atoms with Crippen molar-refractivity contribution in [1.29, 1.82) is 0 Å². The van der Waals surface area contributed by atoms with Gasteiger partial charge in [-0.15, -0.1) is 0 Å². The molecule has 0 aromatic heterocycles. The molecule has 2 N–H and O–H groups in total. The first-order chi connectivity index (χ1) is 8.71. The van der Waals surface area contributed by atoms with Crippen molar-refractivity contribution in [2.75, 3.05) is 13.2 Å². The lowest BCUT2D eigenvalue weighted by atomic mass is 10.0. The highest BCUT2D eigenvalue weighted by atomic mass is 16.7. The van der Waals surface area contributed by atoms with E-state index in [2.05, 4.69) is 31.2 Å². The highest BCUT2D eigenvalue weighted by molar-refractivity contribution is 5.23. The summed E-state index contributed by atoms with van der Waals surface area (Å²) in [7, 11) is 0. The van der Waals surface area contributed by atoms with Crippen LogP contribution in [-0.2, 0) is 22.3 Å². The van der Waals surface area contributed by atoms with E-state index in [9.17, 15) is 0 Å². The highest BCUT2D eigenvalue weighted by Gasteiger charge is 2.18. The van der Waals surface area contributed by atoms with Crippen molar-refractivity contribution in [2.45, 2.75) is 45.9 Å². The molecule has 0 aliphatic heterocycles. The predicted molar refractivity (Wildman–Crippen MR) is 74.5 cm³/mol. The van der Waals surface area contributed by atoms with Crippen LogP contribution >= 0.6 is 0 Å². The molecule has 102 valence electrons. The van der Waals surface area contributed by atoms with Gasteiger partial charge in [-0.1, -0.05) is 31.2 Å². The molecule has 1 rings (SSSR count). The normalized spacial score (nSPS) is 12.9. The molecule has 0 saturated carbocycles. The Hall–Kier alpha value is -0.900. The molecule has 0 radical (unpaired) electrons. The molecule has 1 unspecified atom stereocenters. The molecule has 3 heteroatoms. The first kappa shape index (κ1) is 15.2. The largest absolute Gasteiger partial charge is 0.351 e. The first-order valence-electron chi connectivity index (χ1n) is 6.77. The SMILES string of the molecule is CCOC(OCC)C(N)Cc1ccc(CC)cc1. The van der Waals surface area contributed by atoms with E-state index in [0.29, 0.717) is 13.2 Å². The summed E-state index contributed by atoms with van der Waals surface area (Å²) in [6.45, 7) is 7.30. The summed E-state index contributed by atoms with van der Waals surface area (Å²) in [5.41, 5.74) is 8.71. The summed E-state index contributed by atoms with van der Waals surface area (Å²) < 4.78 is 11.0. The number of hydrogen-bond donors (Lipinski definition) is 1. The maximum atomic E-state index is 6.14. The summed E-state index contributed by atoms with van der Waals surface area (Å²) in [5, 5.41) is 0. The smallest absolute Gasteiger partial charge is 0.172 e. The van der Waals surface area contributed by atoms with Crippen molar-refractivity contribution in [3.8, 4) is 0 Å². The Kier molecular flexibility index (Phi) is 6.94. The van der Waals surface area contributed by atoms with Crippen LogP contribution in [0.15, 0.2) is 24.3 Å². The Balaban J connectivity index is 2.57. The minimum atomic E-state index is -0.314. The topological polar surface area (TPSA) is 44.5 Å². The summed E-state index contributed by atoms with van der Waals surface area (Å²) >= 11 is 0. The minimum Gasteiger partial charge on any atom is -0.351 e. The Morgan fingerprint density at radius 2 is 1.44 bits per heavy atom. The fourth-order valence-corrected chi connectivity index (χ4v) is 1.90. The number of aryl methyl sites for hydroxylation is 1. The monoisotopic (exact) mass is 251 g/mol. The van der Waals surface area contributed by atoms with Crippen molar-refractivity contribution < 1.29 is 9.47 Å². The van der Waals surface area contributed by atoms with Gasteiger partial charge in [0.1, 0.15) is 0 Å². The van der Waals surface area contributed by atoms with Crippen LogP contribution in [0, 0.1) is 0 Å². The highest BCUT2D eigenvalue weighted by Crippen LogP contribution is 2.10. The van der Waals surface area contributed by atoms with Gasteiger partial charge in [0, 0.05) is 13.2 Å². The van der Waals surface area contributed by atoms with Gasteiger partial charge in [0.25, 0.3) is 0 Å². The standard InChI is InChI=1S/C15H25NO2/c1-4-12-7-9-13(10-8-12)11-14(16)15(17-5-2)18-6-3/h7-10,14-15H,4-6,11,16H2,1-3H3. The Morgan fingerprint density at radius 3 is 1.89 bits per heavy atom. The van der Waals surface area contributed by atoms with Crippen molar-refractivity contribution in [2.24, 2.45) is 5.73 Å². The Labute approximate surface area is 110 Å². The van der Waals surface area contributed by atoms with E-state index in [1.54, 1.807) is 0 Å². The lowest BCUT2D eigenvalue weighted by molar-refractivity contribution is -0.148. The zero-order valence-corrected chi connectivity index (χ0v) is 11.7. The van der Waals surface area contributed by atoms with Crippen molar-refractivity contribution >= 4 is 0 Å². The molecular weight excluding hydrogens is 226 g/mol. The number of benzene rings is 1. The lowest BCUT2D eigenvalue weighted by Gasteiger charge is -2.23. The first-order valence-corrected chi connectivity index (χ1v) is 6.77. The van der Waals surface area contributed by atoms with Crippen molar-refractivity contribution in [1.82, 2.24) is 0 Å². The molecule has 0 saturated heterocycles. The van der Waals surface area contributed by atoms with E-state index in [1.165, 1.54) is 11.1 Å². The van der Waals surface area contributed by atoms with Gasteiger partial charge in [0.2, 0.25) is 0 Å². The van der Waals surface area contributed by atoms with Crippen molar-refractivity contribution in [3.63, 3.8) is 0 Å². The third-order valence-corrected chi connectivity index (χ3v) is 2.91. The molecule has 0 fully saturated rings. The van der Waals surface area contributed by atoms with Gasteiger partial charge in [-0.3, -0.25) is 0 Å². The van der Waals surface area contributed by atoms with Gasteiger partial charge in [-0.2, -0.15) is 0 Å². The Bertz CT molecular complexity index is 318. The van der Waals surface area contributed by atoms with Gasteiger partial charge >= 0.3 is 0 Å². The lowest BCUT2D eigenvalue weighted by Crippen LogP contribution is -2.40. The van der Waals surface area contributed by atoms with Crippen LogP contribution in [0.1, 0.15) is 31.9 Å². The minimum absolute atomic E-state index is 0.127. The maximum Gasteiger partial charge on any atom is 0.172 e. The molecule has 0 spiro atoms. The van der Waals surface area contributed by atoms with Gasteiger partial charge in [0.05, 0.1) is 6.04 Å². The fourth-order valence-electron chi connectivity index (χ4n) is 1.90. The van der Waals surface area contributed by atoms with E-state index < -0.39 is 0 Å². The number of ether oxygens (including phenoxy) is 2. The van der Waals surface area contributed by atoms with Gasteiger partial charge in [-0.05, 0) is 37.8 Å². The van der Waals surface area contributed by atoms with E-state index >= 15 is 0 Å². The summed E-state index contributed by atoms with van der Waals surface area (Å²) in [4.78, 5) is 0. The quantitative estimate of drug-likeness (QED) is 0.722. The number of hydrogen-bond acceptors (Lipinski definition) is 3. The average molecular weight is 251 g/mol. The molecule has 3 nitrogen and oxygen atoms in total. The molecule has 18 heavy (non-hydrogen) atoms. The molecule has 0 amide bonds. The Morgan fingerprint density at radius 1 is 0.944 bits per heavy atom. The zero-order valence-electron chi connectivity index (χ0n) is 11.7. The van der Waals surface area contributed by atoms with E-state index in [0.717, 1.165) is 12.8 Å². The third kappa shape index (κ3) is 4.77. The second-order valence-electron chi connectivity index (χ2n) is 4.32. The maximum absolute atomic E-state index is 6.14. The number of nitrogens with two attached hydrogens (primary N) is 1. The fraction of sp³-hybridized carbons (Fsp3) is 0.600. The molecule has 0 aliphatic carbocycles. The van der Waals surface area contributed by atoms with Crippen LogP contribution < -0.4 is 5.73 Å². The van der Waals surface area contributed by atoms with Gasteiger partial charge < -0.3 is 15.2 Å².